The van der Waals surface area contributed by atoms with Gasteiger partial charge in [0.15, 0.2) is 0 Å². The van der Waals surface area contributed by atoms with E-state index in [1.165, 1.54) is 0 Å². The van der Waals surface area contributed by atoms with Gasteiger partial charge in [-0.3, -0.25) is 4.79 Å². The van der Waals surface area contributed by atoms with Gasteiger partial charge in [0.2, 0.25) is 5.91 Å². The quantitative estimate of drug-likeness (QED) is 0.521. The minimum Gasteiger partial charge on any atom is -0.388 e. The highest BCUT2D eigenvalue weighted by Crippen LogP contribution is 2.35. The first kappa shape index (κ1) is 20.6. The Balaban J connectivity index is 1.37. The molecule has 8 heteroatoms. The Morgan fingerprint density at radius 2 is 1.93 bits per heavy atom. The van der Waals surface area contributed by atoms with Crippen molar-refractivity contribution in [2.75, 3.05) is 13.1 Å². The van der Waals surface area contributed by atoms with Gasteiger partial charge in [-0.05, 0) is 12.0 Å². The van der Waals surface area contributed by atoms with Crippen LogP contribution in [-0.4, -0.2) is 60.7 Å². The van der Waals surface area contributed by atoms with Gasteiger partial charge in [0.25, 0.3) is 0 Å². The number of hydrogen-bond acceptors (Lipinski definition) is 5. The van der Waals surface area contributed by atoms with Gasteiger partial charge in [-0.25, -0.2) is 4.79 Å². The first-order chi connectivity index (χ1) is 13.6. The number of fused-ring (bicyclic) bond motifs is 1. The normalized spacial score (nSPS) is 28.6. The maximum atomic E-state index is 12.0. The fraction of sp³-hybridized carbons (Fsp3) is 0.600. The van der Waals surface area contributed by atoms with Crippen molar-refractivity contribution in [3.63, 3.8) is 0 Å². The summed E-state index contributed by atoms with van der Waals surface area (Å²) < 4.78 is 11.7. The van der Waals surface area contributed by atoms with E-state index in [0.717, 1.165) is 12.0 Å². The molecule has 0 saturated carbocycles. The van der Waals surface area contributed by atoms with Gasteiger partial charge >= 0.3 is 6.03 Å². The monoisotopic (exact) mass is 391 g/mol. The lowest BCUT2D eigenvalue weighted by Crippen LogP contribution is -2.44. The van der Waals surface area contributed by atoms with Crippen LogP contribution in [0, 0.1) is 0 Å². The standard InChI is InChI=1S/C20H29N3O5/c1-2-8-21-17(24)10-14-9-15-19(27-14)18(25)16(28-15)12-23-20(26)22-11-13-6-4-3-5-7-13/h3-7,14-16,18-19,25H,2,8-12H2,1H3,(H,21,24)(H2,22,23,26). The van der Waals surface area contributed by atoms with Crippen LogP contribution in [0.3, 0.4) is 0 Å². The smallest absolute Gasteiger partial charge is 0.315 e. The molecule has 28 heavy (non-hydrogen) atoms. The Hall–Kier alpha value is -2.16. The second kappa shape index (κ2) is 9.86. The maximum absolute atomic E-state index is 12.0. The van der Waals surface area contributed by atoms with Crippen molar-refractivity contribution >= 4 is 11.9 Å². The molecular formula is C20H29N3O5. The van der Waals surface area contributed by atoms with E-state index in [0.29, 0.717) is 19.5 Å². The molecule has 154 valence electrons. The molecule has 1 aromatic rings. The van der Waals surface area contributed by atoms with Crippen LogP contribution >= 0.6 is 0 Å². The van der Waals surface area contributed by atoms with Crippen molar-refractivity contribution in [2.45, 2.75) is 63.3 Å². The van der Waals surface area contributed by atoms with E-state index in [1.54, 1.807) is 0 Å². The van der Waals surface area contributed by atoms with E-state index in [9.17, 15) is 14.7 Å². The van der Waals surface area contributed by atoms with E-state index in [1.807, 2.05) is 37.3 Å². The fourth-order valence-corrected chi connectivity index (χ4v) is 3.59. The summed E-state index contributed by atoms with van der Waals surface area (Å²) >= 11 is 0. The van der Waals surface area contributed by atoms with Gasteiger partial charge < -0.3 is 30.5 Å². The predicted octanol–water partition coefficient (Wildman–Crippen LogP) is 0.688. The number of carbonyl (C=O) groups is 2. The van der Waals surface area contributed by atoms with E-state index in [-0.39, 0.29) is 37.1 Å². The van der Waals surface area contributed by atoms with Gasteiger partial charge in [0, 0.05) is 26.1 Å². The maximum Gasteiger partial charge on any atom is 0.315 e. The number of urea groups is 1. The van der Waals surface area contributed by atoms with Crippen LogP contribution in [0.25, 0.3) is 0 Å². The molecule has 2 aliphatic rings. The minimum atomic E-state index is -0.830. The molecular weight excluding hydrogens is 362 g/mol. The zero-order valence-corrected chi connectivity index (χ0v) is 16.1. The molecule has 0 bridgehead atoms. The number of carbonyl (C=O) groups excluding carboxylic acids is 2. The van der Waals surface area contributed by atoms with Crippen LogP contribution in [0.15, 0.2) is 30.3 Å². The molecule has 1 aromatic carbocycles. The molecule has 2 aliphatic heterocycles. The second-order valence-electron chi connectivity index (χ2n) is 7.27. The number of nitrogens with one attached hydrogen (secondary N) is 3. The van der Waals surface area contributed by atoms with Crippen LogP contribution < -0.4 is 16.0 Å². The molecule has 4 N–H and O–H groups in total. The molecule has 3 amide bonds. The summed E-state index contributed by atoms with van der Waals surface area (Å²) in [4.78, 5) is 23.8. The Morgan fingerprint density at radius 3 is 2.64 bits per heavy atom. The van der Waals surface area contributed by atoms with E-state index in [2.05, 4.69) is 16.0 Å². The molecule has 8 nitrogen and oxygen atoms in total. The number of hydrogen-bond donors (Lipinski definition) is 4. The van der Waals surface area contributed by atoms with Crippen molar-refractivity contribution < 1.29 is 24.2 Å². The van der Waals surface area contributed by atoms with Crippen molar-refractivity contribution in [1.82, 2.24) is 16.0 Å². The van der Waals surface area contributed by atoms with Crippen LogP contribution in [0.2, 0.25) is 0 Å². The summed E-state index contributed by atoms with van der Waals surface area (Å²) in [6, 6.07) is 9.30. The third-order valence-electron chi connectivity index (χ3n) is 5.02. The molecule has 0 aliphatic carbocycles. The average molecular weight is 391 g/mol. The van der Waals surface area contributed by atoms with E-state index in [4.69, 9.17) is 9.47 Å². The first-order valence-corrected chi connectivity index (χ1v) is 9.88. The Kier molecular flexibility index (Phi) is 7.24. The summed E-state index contributed by atoms with van der Waals surface area (Å²) in [7, 11) is 0. The molecule has 2 fully saturated rings. The molecule has 0 spiro atoms. The van der Waals surface area contributed by atoms with Gasteiger partial charge in [-0.2, -0.15) is 0 Å². The van der Waals surface area contributed by atoms with Crippen molar-refractivity contribution in [1.29, 1.82) is 0 Å². The Morgan fingerprint density at radius 1 is 1.14 bits per heavy atom. The van der Waals surface area contributed by atoms with Crippen molar-refractivity contribution in [3.05, 3.63) is 35.9 Å². The summed E-state index contributed by atoms with van der Waals surface area (Å²) in [5, 5.41) is 18.8. The fourth-order valence-electron chi connectivity index (χ4n) is 3.59. The topological polar surface area (TPSA) is 109 Å². The van der Waals surface area contributed by atoms with Crippen LogP contribution in [0.1, 0.15) is 31.7 Å². The number of aliphatic hydroxyl groups excluding tert-OH is 1. The van der Waals surface area contributed by atoms with Crippen molar-refractivity contribution in [3.8, 4) is 0 Å². The van der Waals surface area contributed by atoms with Gasteiger partial charge in [-0.1, -0.05) is 37.3 Å². The van der Waals surface area contributed by atoms with Gasteiger partial charge in [-0.15, -0.1) is 0 Å². The van der Waals surface area contributed by atoms with Gasteiger partial charge in [0.1, 0.15) is 18.3 Å². The molecule has 0 radical (unpaired) electrons. The zero-order valence-electron chi connectivity index (χ0n) is 16.1. The first-order valence-electron chi connectivity index (χ1n) is 9.88. The summed E-state index contributed by atoms with van der Waals surface area (Å²) in [5.41, 5.74) is 1.01. The van der Waals surface area contributed by atoms with Crippen LogP contribution in [0.5, 0.6) is 0 Å². The summed E-state index contributed by atoms with van der Waals surface area (Å²) in [6.07, 6.45) is -0.578. The molecule has 2 heterocycles. The lowest BCUT2D eigenvalue weighted by atomic mass is 10.1. The highest BCUT2D eigenvalue weighted by Gasteiger charge is 2.50. The largest absolute Gasteiger partial charge is 0.388 e. The van der Waals surface area contributed by atoms with Crippen LogP contribution in [-0.2, 0) is 20.8 Å². The number of rotatable bonds is 8. The SMILES string of the molecule is CCCNC(=O)CC1CC2OC(CNC(=O)NCc3ccccc3)C(O)C2O1. The lowest BCUT2D eigenvalue weighted by molar-refractivity contribution is -0.124. The third kappa shape index (κ3) is 5.43. The summed E-state index contributed by atoms with van der Waals surface area (Å²) in [5.74, 6) is -0.0467. The molecule has 2 saturated heterocycles. The molecule has 5 unspecified atom stereocenters. The Labute approximate surface area is 165 Å². The number of ether oxygens (including phenoxy) is 2. The van der Waals surface area contributed by atoms with Gasteiger partial charge in [0.05, 0.1) is 18.6 Å². The number of amides is 3. The average Bonchev–Trinajstić information content (AvgIpc) is 3.22. The lowest BCUT2D eigenvalue weighted by Gasteiger charge is -2.20. The predicted molar refractivity (Wildman–Crippen MR) is 103 cm³/mol. The van der Waals surface area contributed by atoms with E-state index < -0.39 is 18.3 Å². The zero-order chi connectivity index (χ0) is 19.9. The molecule has 0 aromatic heterocycles. The molecule has 3 rings (SSSR count). The highest BCUT2D eigenvalue weighted by molar-refractivity contribution is 5.76. The van der Waals surface area contributed by atoms with Crippen molar-refractivity contribution in [2.24, 2.45) is 0 Å². The Bertz CT molecular complexity index is 657. The number of aliphatic hydroxyl groups is 1. The minimum absolute atomic E-state index is 0.0467. The molecule has 5 atom stereocenters. The highest BCUT2D eigenvalue weighted by atomic mass is 16.6. The number of benzene rings is 1. The summed E-state index contributed by atoms with van der Waals surface area (Å²) in [6.45, 7) is 3.27. The van der Waals surface area contributed by atoms with Crippen LogP contribution in [0.4, 0.5) is 4.79 Å². The third-order valence-corrected chi connectivity index (χ3v) is 5.02. The second-order valence-corrected chi connectivity index (χ2v) is 7.27. The van der Waals surface area contributed by atoms with E-state index >= 15 is 0 Å².